The fraction of sp³-hybridized carbons (Fsp3) is 0.333. The van der Waals surface area contributed by atoms with Crippen LogP contribution in [0.15, 0.2) is 36.7 Å². The molecule has 0 fully saturated rings. The molecule has 0 aliphatic carbocycles. The van der Waals surface area contributed by atoms with Gasteiger partial charge in [0, 0.05) is 13.6 Å². The van der Waals surface area contributed by atoms with Crippen LogP contribution in [0.2, 0.25) is 0 Å². The molecular weight excluding hydrogens is 216 g/mol. The first kappa shape index (κ1) is 11.6. The van der Waals surface area contributed by atoms with E-state index in [0.29, 0.717) is 12.6 Å². The number of nitrogens with one attached hydrogen (secondary N) is 1. The summed E-state index contributed by atoms with van der Waals surface area (Å²) in [5, 5.41) is 7.22. The van der Waals surface area contributed by atoms with Crippen molar-refractivity contribution in [2.45, 2.75) is 6.10 Å². The number of hydrogen-bond acceptors (Lipinski definition) is 4. The summed E-state index contributed by atoms with van der Waals surface area (Å²) in [5.74, 6) is 0. The van der Waals surface area contributed by atoms with Gasteiger partial charge in [0.25, 0.3) is 0 Å². The molecule has 0 spiro atoms. The minimum absolute atomic E-state index is 0.0800. The van der Waals surface area contributed by atoms with Gasteiger partial charge in [0.2, 0.25) is 0 Å². The van der Waals surface area contributed by atoms with Crippen LogP contribution in [0.4, 0.5) is 0 Å². The number of ether oxygens (including phenoxy) is 1. The maximum atomic E-state index is 5.76. The summed E-state index contributed by atoms with van der Waals surface area (Å²) < 4.78 is 7.38. The smallest absolute Gasteiger partial charge is 0.336 e. The molecule has 0 saturated heterocycles. The van der Waals surface area contributed by atoms with Crippen LogP contribution in [0.25, 0.3) is 0 Å². The van der Waals surface area contributed by atoms with Gasteiger partial charge in [-0.1, -0.05) is 30.3 Å². The predicted octanol–water partition coefficient (Wildman–Crippen LogP) is 1.15. The molecule has 5 heteroatoms. The number of aryl methyl sites for hydroxylation is 1. The van der Waals surface area contributed by atoms with E-state index in [4.69, 9.17) is 4.74 Å². The largest absolute Gasteiger partial charge is 0.453 e. The lowest BCUT2D eigenvalue weighted by molar-refractivity contribution is 0.187. The van der Waals surface area contributed by atoms with Crippen molar-refractivity contribution in [1.82, 2.24) is 20.1 Å². The summed E-state index contributed by atoms with van der Waals surface area (Å²) in [6.07, 6.45) is 1.54. The summed E-state index contributed by atoms with van der Waals surface area (Å²) in [5.41, 5.74) is 1.11. The lowest BCUT2D eigenvalue weighted by Gasteiger charge is -2.16. The third kappa shape index (κ3) is 3.04. The molecule has 1 aromatic carbocycles. The number of rotatable bonds is 5. The Morgan fingerprint density at radius 2 is 2.12 bits per heavy atom. The molecule has 0 aliphatic heterocycles. The molecule has 90 valence electrons. The van der Waals surface area contributed by atoms with Gasteiger partial charge in [-0.05, 0) is 12.6 Å². The summed E-state index contributed by atoms with van der Waals surface area (Å²) in [6.45, 7) is 0.711. The van der Waals surface area contributed by atoms with E-state index in [1.165, 1.54) is 0 Å². The zero-order valence-corrected chi connectivity index (χ0v) is 10.00. The Bertz CT molecular complexity index is 455. The Morgan fingerprint density at radius 3 is 2.71 bits per heavy atom. The van der Waals surface area contributed by atoms with Crippen molar-refractivity contribution in [2.24, 2.45) is 7.05 Å². The van der Waals surface area contributed by atoms with Crippen LogP contribution in [0.1, 0.15) is 11.7 Å². The Hall–Kier alpha value is -1.88. The first-order chi connectivity index (χ1) is 8.29. The van der Waals surface area contributed by atoms with Gasteiger partial charge in [0.1, 0.15) is 12.4 Å². The third-order valence-electron chi connectivity index (χ3n) is 2.39. The maximum Gasteiger partial charge on any atom is 0.336 e. The van der Waals surface area contributed by atoms with Gasteiger partial charge in [-0.3, -0.25) is 4.68 Å². The topological polar surface area (TPSA) is 52.0 Å². The molecule has 2 aromatic rings. The lowest BCUT2D eigenvalue weighted by atomic mass is 10.1. The summed E-state index contributed by atoms with van der Waals surface area (Å²) in [7, 11) is 3.71. The Labute approximate surface area is 100 Å². The maximum absolute atomic E-state index is 5.76. The molecule has 0 saturated carbocycles. The molecule has 1 heterocycles. The second kappa shape index (κ2) is 5.45. The van der Waals surface area contributed by atoms with Crippen molar-refractivity contribution >= 4 is 0 Å². The van der Waals surface area contributed by atoms with Crippen LogP contribution in [-0.4, -0.2) is 28.4 Å². The van der Waals surface area contributed by atoms with Gasteiger partial charge in [-0.2, -0.15) is 4.98 Å². The second-order valence-corrected chi connectivity index (χ2v) is 3.78. The number of hydrogen-bond donors (Lipinski definition) is 1. The molecule has 5 nitrogen and oxygen atoms in total. The second-order valence-electron chi connectivity index (χ2n) is 3.78. The quantitative estimate of drug-likeness (QED) is 0.840. The van der Waals surface area contributed by atoms with E-state index in [1.54, 1.807) is 11.0 Å². The van der Waals surface area contributed by atoms with Crippen LogP contribution >= 0.6 is 0 Å². The molecule has 0 radical (unpaired) electrons. The van der Waals surface area contributed by atoms with Gasteiger partial charge in [-0.25, -0.2) is 0 Å². The molecule has 0 bridgehead atoms. The SMILES string of the molecule is CNCC(Oc1ncn(C)n1)c1ccccc1. The lowest BCUT2D eigenvalue weighted by Crippen LogP contribution is -2.22. The van der Waals surface area contributed by atoms with E-state index in [9.17, 15) is 0 Å². The highest BCUT2D eigenvalue weighted by Gasteiger charge is 2.14. The van der Waals surface area contributed by atoms with Crippen LogP contribution in [-0.2, 0) is 7.05 Å². The minimum atomic E-state index is -0.0800. The number of benzene rings is 1. The van der Waals surface area contributed by atoms with Crippen LogP contribution < -0.4 is 10.1 Å². The fourth-order valence-corrected chi connectivity index (χ4v) is 1.58. The van der Waals surface area contributed by atoms with Crippen LogP contribution in [0.3, 0.4) is 0 Å². The van der Waals surface area contributed by atoms with Gasteiger partial charge in [0.05, 0.1) is 0 Å². The molecule has 1 aromatic heterocycles. The Kier molecular flexibility index (Phi) is 3.72. The van der Waals surface area contributed by atoms with Crippen molar-refractivity contribution in [3.63, 3.8) is 0 Å². The Morgan fingerprint density at radius 1 is 1.35 bits per heavy atom. The monoisotopic (exact) mass is 232 g/mol. The highest BCUT2D eigenvalue weighted by Crippen LogP contribution is 2.17. The number of nitrogens with zero attached hydrogens (tertiary/aromatic N) is 3. The van der Waals surface area contributed by atoms with E-state index in [1.807, 2.05) is 44.4 Å². The van der Waals surface area contributed by atoms with Crippen LogP contribution in [0, 0.1) is 0 Å². The first-order valence-electron chi connectivity index (χ1n) is 5.51. The summed E-state index contributed by atoms with van der Waals surface area (Å²) in [6, 6.07) is 10.4. The van der Waals surface area contributed by atoms with E-state index >= 15 is 0 Å². The third-order valence-corrected chi connectivity index (χ3v) is 2.39. The van der Waals surface area contributed by atoms with Crippen molar-refractivity contribution in [1.29, 1.82) is 0 Å². The summed E-state index contributed by atoms with van der Waals surface area (Å²) >= 11 is 0. The Balaban J connectivity index is 2.13. The van der Waals surface area contributed by atoms with Crippen molar-refractivity contribution in [3.05, 3.63) is 42.2 Å². The van der Waals surface area contributed by atoms with Crippen molar-refractivity contribution in [3.8, 4) is 6.01 Å². The van der Waals surface area contributed by atoms with Gasteiger partial charge < -0.3 is 10.1 Å². The first-order valence-corrected chi connectivity index (χ1v) is 5.51. The standard InChI is InChI=1S/C12H16N4O/c1-13-8-11(10-6-4-3-5-7-10)17-12-14-9-16(2)15-12/h3-7,9,11,13H,8H2,1-2H3. The molecule has 1 unspecified atom stereocenters. The normalized spacial score (nSPS) is 12.4. The summed E-state index contributed by atoms with van der Waals surface area (Å²) in [4.78, 5) is 4.07. The van der Waals surface area contributed by atoms with E-state index in [2.05, 4.69) is 15.4 Å². The predicted molar refractivity (Wildman–Crippen MR) is 64.7 cm³/mol. The average Bonchev–Trinajstić information content (AvgIpc) is 2.75. The van der Waals surface area contributed by atoms with Crippen molar-refractivity contribution < 1.29 is 4.74 Å². The average molecular weight is 232 g/mol. The molecular formula is C12H16N4O. The van der Waals surface area contributed by atoms with E-state index in [-0.39, 0.29) is 6.10 Å². The van der Waals surface area contributed by atoms with E-state index in [0.717, 1.165) is 5.56 Å². The zero-order valence-electron chi connectivity index (χ0n) is 10.00. The highest BCUT2D eigenvalue weighted by molar-refractivity contribution is 5.18. The molecule has 1 N–H and O–H groups in total. The van der Waals surface area contributed by atoms with Gasteiger partial charge >= 0.3 is 6.01 Å². The minimum Gasteiger partial charge on any atom is -0.453 e. The highest BCUT2D eigenvalue weighted by atomic mass is 16.5. The van der Waals surface area contributed by atoms with Crippen molar-refractivity contribution in [2.75, 3.05) is 13.6 Å². The molecule has 2 rings (SSSR count). The zero-order chi connectivity index (χ0) is 12.1. The number of aromatic nitrogens is 3. The molecule has 0 amide bonds. The molecule has 1 atom stereocenters. The molecule has 0 aliphatic rings. The van der Waals surface area contributed by atoms with Crippen LogP contribution in [0.5, 0.6) is 6.01 Å². The number of likely N-dealkylation sites (N-methyl/N-ethyl adjacent to an activating group) is 1. The van der Waals surface area contributed by atoms with Gasteiger partial charge in [-0.15, -0.1) is 5.10 Å². The van der Waals surface area contributed by atoms with E-state index < -0.39 is 0 Å². The van der Waals surface area contributed by atoms with Gasteiger partial charge in [0.15, 0.2) is 0 Å². The fourth-order valence-electron chi connectivity index (χ4n) is 1.58. The molecule has 17 heavy (non-hydrogen) atoms.